The van der Waals surface area contributed by atoms with Crippen LogP contribution in [0, 0.1) is 0 Å². The molecule has 1 fully saturated rings. The molecule has 2 aliphatic rings. The summed E-state index contributed by atoms with van der Waals surface area (Å²) in [6.45, 7) is 4.41. The van der Waals surface area contributed by atoms with Gasteiger partial charge >= 0.3 is 0 Å². The smallest absolute Gasteiger partial charge is 0.244 e. The number of carbonyl (C=O) groups is 1. The molecule has 1 aromatic carbocycles. The van der Waals surface area contributed by atoms with Crippen LogP contribution >= 0.6 is 0 Å². The average Bonchev–Trinajstić information content (AvgIpc) is 3.06. The van der Waals surface area contributed by atoms with Gasteiger partial charge in [0.1, 0.15) is 5.75 Å². The molecule has 130 valence electrons. The predicted molar refractivity (Wildman–Crippen MR) is 94.2 cm³/mol. The summed E-state index contributed by atoms with van der Waals surface area (Å²) in [6, 6.07) is 6.29. The molecule has 0 radical (unpaired) electrons. The Bertz CT molecular complexity index is 600. The number of fused-ring (bicyclic) bond motifs is 1. The van der Waals surface area contributed by atoms with Gasteiger partial charge in [-0.05, 0) is 48.7 Å². The Hall–Kier alpha value is -1.85. The van der Waals surface area contributed by atoms with E-state index in [0.29, 0.717) is 0 Å². The van der Waals surface area contributed by atoms with Crippen molar-refractivity contribution < 1.29 is 14.3 Å². The first kappa shape index (κ1) is 17.0. The lowest BCUT2D eigenvalue weighted by Crippen LogP contribution is -2.48. The number of likely N-dealkylation sites (tertiary alicyclic amines) is 1. The van der Waals surface area contributed by atoms with E-state index in [1.165, 1.54) is 5.56 Å². The van der Waals surface area contributed by atoms with E-state index in [-0.39, 0.29) is 11.9 Å². The maximum atomic E-state index is 12.2. The maximum Gasteiger partial charge on any atom is 0.244 e. The quantitative estimate of drug-likeness (QED) is 0.809. The molecule has 0 bridgehead atoms. The van der Waals surface area contributed by atoms with E-state index in [1.807, 2.05) is 18.2 Å². The first-order valence-electron chi connectivity index (χ1n) is 8.70. The number of rotatable bonds is 6. The van der Waals surface area contributed by atoms with Crippen molar-refractivity contribution >= 4 is 12.0 Å². The molecule has 1 amide bonds. The van der Waals surface area contributed by atoms with Gasteiger partial charge in [-0.15, -0.1) is 0 Å². The van der Waals surface area contributed by atoms with Crippen LogP contribution in [0.4, 0.5) is 0 Å². The fourth-order valence-electron chi connectivity index (χ4n) is 3.33. The van der Waals surface area contributed by atoms with Crippen LogP contribution in [-0.4, -0.2) is 56.8 Å². The van der Waals surface area contributed by atoms with Gasteiger partial charge in [-0.1, -0.05) is 6.07 Å². The molecule has 1 saturated heterocycles. The molecule has 0 saturated carbocycles. The first-order chi connectivity index (χ1) is 11.7. The summed E-state index contributed by atoms with van der Waals surface area (Å²) in [6.07, 6.45) is 6.61. The van der Waals surface area contributed by atoms with Crippen LogP contribution < -0.4 is 10.1 Å². The van der Waals surface area contributed by atoms with Gasteiger partial charge < -0.3 is 14.8 Å². The van der Waals surface area contributed by atoms with Crippen molar-refractivity contribution in [3.8, 4) is 5.75 Å². The van der Waals surface area contributed by atoms with Crippen LogP contribution in [0.15, 0.2) is 24.3 Å². The second-order valence-corrected chi connectivity index (χ2v) is 6.44. The van der Waals surface area contributed by atoms with Gasteiger partial charge in [-0.25, -0.2) is 0 Å². The Morgan fingerprint density at radius 3 is 3.29 bits per heavy atom. The highest BCUT2D eigenvalue weighted by atomic mass is 16.5. The van der Waals surface area contributed by atoms with Gasteiger partial charge in [0.25, 0.3) is 0 Å². The molecule has 5 heteroatoms. The fourth-order valence-corrected chi connectivity index (χ4v) is 3.33. The van der Waals surface area contributed by atoms with E-state index >= 15 is 0 Å². The highest BCUT2D eigenvalue weighted by Gasteiger charge is 2.20. The zero-order valence-electron chi connectivity index (χ0n) is 14.3. The van der Waals surface area contributed by atoms with Crippen molar-refractivity contribution in [3.05, 3.63) is 35.4 Å². The number of ether oxygens (including phenoxy) is 2. The molecule has 0 aliphatic carbocycles. The summed E-state index contributed by atoms with van der Waals surface area (Å²) in [5.41, 5.74) is 2.26. The molecule has 2 aliphatic heterocycles. The lowest BCUT2D eigenvalue weighted by molar-refractivity contribution is -0.117. The third-order valence-electron chi connectivity index (χ3n) is 4.60. The van der Waals surface area contributed by atoms with E-state index in [1.54, 1.807) is 13.2 Å². The number of carbonyl (C=O) groups excluding carboxylic acids is 1. The minimum Gasteiger partial charge on any atom is -0.493 e. The summed E-state index contributed by atoms with van der Waals surface area (Å²) in [5.74, 6) is 0.945. The molecule has 3 rings (SSSR count). The zero-order valence-corrected chi connectivity index (χ0v) is 14.3. The van der Waals surface area contributed by atoms with Crippen LogP contribution in [-0.2, 0) is 16.0 Å². The summed E-state index contributed by atoms with van der Waals surface area (Å²) in [5, 5.41) is 3.11. The largest absolute Gasteiger partial charge is 0.493 e. The monoisotopic (exact) mass is 330 g/mol. The van der Waals surface area contributed by atoms with Crippen molar-refractivity contribution in [1.29, 1.82) is 0 Å². The zero-order chi connectivity index (χ0) is 16.8. The number of hydrogen-bond acceptors (Lipinski definition) is 4. The van der Waals surface area contributed by atoms with Crippen LogP contribution in [0.25, 0.3) is 6.08 Å². The van der Waals surface area contributed by atoms with E-state index in [9.17, 15) is 4.79 Å². The highest BCUT2D eigenvalue weighted by molar-refractivity contribution is 5.92. The van der Waals surface area contributed by atoms with Gasteiger partial charge in [0.15, 0.2) is 0 Å². The third-order valence-corrected chi connectivity index (χ3v) is 4.60. The van der Waals surface area contributed by atoms with Crippen molar-refractivity contribution in [1.82, 2.24) is 10.2 Å². The SMILES string of the molecule is COCCN1CCCC(NC(=O)C=Cc2ccc3c(c2)CCO3)C1. The molecular formula is C19H26N2O3. The first-order valence-corrected chi connectivity index (χ1v) is 8.70. The average molecular weight is 330 g/mol. The van der Waals surface area contributed by atoms with Crippen LogP contribution in [0.5, 0.6) is 5.75 Å². The standard InChI is InChI=1S/C19H26N2O3/c1-23-12-10-21-9-2-3-17(14-21)20-19(22)7-5-15-4-6-18-16(13-15)8-11-24-18/h4-7,13,17H,2-3,8-12,14H2,1H3,(H,20,22). The Labute approximate surface area is 143 Å². The van der Waals surface area contributed by atoms with Gasteiger partial charge in [0.05, 0.1) is 13.2 Å². The predicted octanol–water partition coefficient (Wildman–Crippen LogP) is 1.86. The third kappa shape index (κ3) is 4.58. The number of amides is 1. The molecule has 5 nitrogen and oxygen atoms in total. The Kier molecular flexibility index (Phi) is 5.88. The number of hydrogen-bond donors (Lipinski definition) is 1. The van der Waals surface area contributed by atoms with E-state index in [4.69, 9.17) is 9.47 Å². The normalized spacial score (nSPS) is 20.8. The maximum absolute atomic E-state index is 12.2. The number of nitrogens with zero attached hydrogens (tertiary/aromatic N) is 1. The fraction of sp³-hybridized carbons (Fsp3) is 0.526. The summed E-state index contributed by atoms with van der Waals surface area (Å²) in [4.78, 5) is 14.5. The number of benzene rings is 1. The number of methoxy groups -OCH3 is 1. The topological polar surface area (TPSA) is 50.8 Å². The van der Waals surface area contributed by atoms with Crippen LogP contribution in [0.1, 0.15) is 24.0 Å². The summed E-state index contributed by atoms with van der Waals surface area (Å²) in [7, 11) is 1.72. The Balaban J connectivity index is 1.49. The molecule has 0 aromatic heterocycles. The van der Waals surface area contributed by atoms with Gasteiger partial charge in [-0.2, -0.15) is 0 Å². The Morgan fingerprint density at radius 1 is 1.50 bits per heavy atom. The minimum absolute atomic E-state index is 0.0228. The number of piperidine rings is 1. The minimum atomic E-state index is -0.0228. The van der Waals surface area contributed by atoms with Gasteiger partial charge in [0, 0.05) is 38.7 Å². The number of nitrogens with one attached hydrogen (secondary N) is 1. The molecule has 1 aromatic rings. The molecule has 0 spiro atoms. The van der Waals surface area contributed by atoms with Crippen molar-refractivity contribution in [2.45, 2.75) is 25.3 Å². The second-order valence-electron chi connectivity index (χ2n) is 6.44. The summed E-state index contributed by atoms with van der Waals surface area (Å²) < 4.78 is 10.6. The van der Waals surface area contributed by atoms with E-state index < -0.39 is 0 Å². The van der Waals surface area contributed by atoms with Crippen molar-refractivity contribution in [2.75, 3.05) is 40.0 Å². The van der Waals surface area contributed by atoms with Crippen molar-refractivity contribution in [2.24, 2.45) is 0 Å². The molecule has 1 N–H and O–H groups in total. The van der Waals surface area contributed by atoms with E-state index in [0.717, 1.165) is 63.4 Å². The lowest BCUT2D eigenvalue weighted by Gasteiger charge is -2.32. The van der Waals surface area contributed by atoms with E-state index in [2.05, 4.69) is 16.3 Å². The summed E-state index contributed by atoms with van der Waals surface area (Å²) >= 11 is 0. The van der Waals surface area contributed by atoms with Gasteiger partial charge in [0.2, 0.25) is 5.91 Å². The lowest BCUT2D eigenvalue weighted by atomic mass is 10.1. The molecule has 1 atom stereocenters. The highest BCUT2D eigenvalue weighted by Crippen LogP contribution is 2.26. The van der Waals surface area contributed by atoms with Crippen molar-refractivity contribution in [3.63, 3.8) is 0 Å². The molecular weight excluding hydrogens is 304 g/mol. The van der Waals surface area contributed by atoms with Crippen LogP contribution in [0.2, 0.25) is 0 Å². The molecule has 2 heterocycles. The molecule has 24 heavy (non-hydrogen) atoms. The van der Waals surface area contributed by atoms with Crippen LogP contribution in [0.3, 0.4) is 0 Å². The molecule has 1 unspecified atom stereocenters. The van der Waals surface area contributed by atoms with Gasteiger partial charge in [-0.3, -0.25) is 9.69 Å². The second kappa shape index (κ2) is 8.31. The Morgan fingerprint density at radius 2 is 2.42 bits per heavy atom.